The van der Waals surface area contributed by atoms with Crippen molar-refractivity contribution in [3.63, 3.8) is 0 Å². The monoisotopic (exact) mass is 294 g/mol. The topological polar surface area (TPSA) is 0 Å². The van der Waals surface area contributed by atoms with Crippen molar-refractivity contribution in [2.75, 3.05) is 0 Å². The Bertz CT molecular complexity index is 500. The van der Waals surface area contributed by atoms with Crippen LogP contribution in [0.4, 0.5) is 0 Å². The van der Waals surface area contributed by atoms with Crippen LogP contribution in [0.15, 0.2) is 60.7 Å². The minimum atomic E-state index is 0.692. The number of unbranched alkanes of at least 4 members (excludes halogenated alkanes) is 2. The molecule has 0 heterocycles. The molecule has 0 spiro atoms. The maximum absolute atomic E-state index is 2.36. The fourth-order valence-corrected chi connectivity index (χ4v) is 3.30. The van der Waals surface area contributed by atoms with Crippen LogP contribution in [0.3, 0.4) is 0 Å². The summed E-state index contributed by atoms with van der Waals surface area (Å²) in [6.07, 6.45) is 7.97. The number of hydrogen-bond acceptors (Lipinski definition) is 0. The van der Waals surface area contributed by atoms with Gasteiger partial charge >= 0.3 is 0 Å². The van der Waals surface area contributed by atoms with E-state index in [1.807, 2.05) is 0 Å². The van der Waals surface area contributed by atoms with Gasteiger partial charge in [0, 0.05) is 0 Å². The minimum absolute atomic E-state index is 0.692. The van der Waals surface area contributed by atoms with Gasteiger partial charge in [-0.1, -0.05) is 93.8 Å². The molecule has 2 aromatic carbocycles. The molecule has 0 bridgehead atoms. The number of benzene rings is 2. The molecule has 0 saturated heterocycles. The average molecular weight is 294 g/mol. The molecule has 0 nitrogen and oxygen atoms in total. The van der Waals surface area contributed by atoms with Gasteiger partial charge < -0.3 is 0 Å². The minimum Gasteiger partial charge on any atom is -0.0648 e. The van der Waals surface area contributed by atoms with E-state index in [9.17, 15) is 0 Å². The smallest absolute Gasteiger partial charge is 0.0165 e. The van der Waals surface area contributed by atoms with E-state index in [-0.39, 0.29) is 0 Å². The highest BCUT2D eigenvalue weighted by molar-refractivity contribution is 5.19. The van der Waals surface area contributed by atoms with E-state index in [2.05, 4.69) is 74.5 Å². The molecule has 2 atom stereocenters. The summed E-state index contributed by atoms with van der Waals surface area (Å²) in [5.74, 6) is 1.44. The Labute approximate surface area is 136 Å². The molecule has 118 valence electrons. The van der Waals surface area contributed by atoms with Crippen LogP contribution in [0, 0.1) is 0 Å². The predicted octanol–water partition coefficient (Wildman–Crippen LogP) is 6.93. The molecule has 22 heavy (non-hydrogen) atoms. The summed E-state index contributed by atoms with van der Waals surface area (Å²) in [6, 6.07) is 21.9. The van der Waals surface area contributed by atoms with Crippen LogP contribution < -0.4 is 0 Å². The first kappa shape index (κ1) is 16.8. The molecule has 2 aromatic rings. The van der Waals surface area contributed by atoms with Gasteiger partial charge in [-0.25, -0.2) is 0 Å². The van der Waals surface area contributed by atoms with Crippen molar-refractivity contribution in [3.05, 3.63) is 71.8 Å². The second-order valence-electron chi connectivity index (χ2n) is 6.47. The van der Waals surface area contributed by atoms with Crippen molar-refractivity contribution >= 4 is 0 Å². The molecule has 0 aliphatic carbocycles. The fourth-order valence-electron chi connectivity index (χ4n) is 3.30. The van der Waals surface area contributed by atoms with E-state index in [0.29, 0.717) is 5.92 Å². The lowest BCUT2D eigenvalue weighted by Gasteiger charge is -2.16. The summed E-state index contributed by atoms with van der Waals surface area (Å²) in [7, 11) is 0. The molecule has 0 aromatic heterocycles. The summed E-state index contributed by atoms with van der Waals surface area (Å²) >= 11 is 0. The first-order valence-corrected chi connectivity index (χ1v) is 8.91. The van der Waals surface area contributed by atoms with E-state index in [0.717, 1.165) is 5.92 Å². The van der Waals surface area contributed by atoms with Gasteiger partial charge in [-0.05, 0) is 42.2 Å². The summed E-state index contributed by atoms with van der Waals surface area (Å²) in [4.78, 5) is 0. The maximum Gasteiger partial charge on any atom is -0.0165 e. The van der Waals surface area contributed by atoms with Gasteiger partial charge in [-0.2, -0.15) is 0 Å². The number of hydrogen-bond donors (Lipinski definition) is 0. The van der Waals surface area contributed by atoms with Gasteiger partial charge in [0.2, 0.25) is 0 Å². The van der Waals surface area contributed by atoms with Crippen molar-refractivity contribution < 1.29 is 0 Å². The highest BCUT2D eigenvalue weighted by Gasteiger charge is 2.09. The largest absolute Gasteiger partial charge is 0.0648 e. The van der Waals surface area contributed by atoms with Crippen LogP contribution in [-0.2, 0) is 0 Å². The van der Waals surface area contributed by atoms with Crippen LogP contribution in [0.1, 0.15) is 75.3 Å². The normalized spacial score (nSPS) is 13.7. The molecule has 0 saturated carbocycles. The molecule has 0 fully saturated rings. The van der Waals surface area contributed by atoms with Crippen molar-refractivity contribution in [1.29, 1.82) is 0 Å². The Morgan fingerprint density at radius 3 is 1.82 bits per heavy atom. The van der Waals surface area contributed by atoms with Crippen LogP contribution >= 0.6 is 0 Å². The Balaban J connectivity index is 1.66. The first-order valence-electron chi connectivity index (χ1n) is 8.91. The zero-order valence-electron chi connectivity index (χ0n) is 14.2. The Kier molecular flexibility index (Phi) is 7.22. The maximum atomic E-state index is 2.36. The zero-order chi connectivity index (χ0) is 15.6. The highest BCUT2D eigenvalue weighted by Crippen LogP contribution is 2.27. The highest BCUT2D eigenvalue weighted by atomic mass is 14.1. The molecule has 0 radical (unpaired) electrons. The quantitative estimate of drug-likeness (QED) is 0.440. The van der Waals surface area contributed by atoms with E-state index in [1.54, 1.807) is 0 Å². The molecule has 0 N–H and O–H groups in total. The zero-order valence-corrected chi connectivity index (χ0v) is 14.2. The van der Waals surface area contributed by atoms with Crippen LogP contribution in [0.25, 0.3) is 0 Å². The molecule has 0 heteroatoms. The van der Waals surface area contributed by atoms with Gasteiger partial charge in [0.25, 0.3) is 0 Å². The average Bonchev–Trinajstić information content (AvgIpc) is 2.59. The van der Waals surface area contributed by atoms with Crippen molar-refractivity contribution in [2.24, 2.45) is 0 Å². The molecular weight excluding hydrogens is 264 g/mol. The van der Waals surface area contributed by atoms with E-state index >= 15 is 0 Å². The predicted molar refractivity (Wildman–Crippen MR) is 97.4 cm³/mol. The second kappa shape index (κ2) is 9.46. The standard InChI is InChI=1S/C22H30/c1-3-20(22-17-11-6-12-18-22)14-8-4-7-13-19(2)21-15-9-5-10-16-21/h5-6,9-12,15-20H,3-4,7-8,13-14H2,1-2H3. The van der Waals surface area contributed by atoms with Gasteiger partial charge in [0.15, 0.2) is 0 Å². The third kappa shape index (κ3) is 5.33. The van der Waals surface area contributed by atoms with Gasteiger partial charge in [0.05, 0.1) is 0 Å². The van der Waals surface area contributed by atoms with Gasteiger partial charge in [-0.15, -0.1) is 0 Å². The lowest BCUT2D eigenvalue weighted by Crippen LogP contribution is -1.98. The van der Waals surface area contributed by atoms with Crippen LogP contribution in [0.5, 0.6) is 0 Å². The van der Waals surface area contributed by atoms with Crippen molar-refractivity contribution in [2.45, 2.75) is 64.2 Å². The van der Waals surface area contributed by atoms with E-state index in [4.69, 9.17) is 0 Å². The number of rotatable bonds is 9. The summed E-state index contributed by atoms with van der Waals surface area (Å²) in [5, 5.41) is 0. The third-order valence-electron chi connectivity index (χ3n) is 4.82. The van der Waals surface area contributed by atoms with Gasteiger partial charge in [-0.3, -0.25) is 0 Å². The molecule has 0 aliphatic rings. The van der Waals surface area contributed by atoms with E-state index < -0.39 is 0 Å². The first-order chi connectivity index (χ1) is 10.8. The van der Waals surface area contributed by atoms with Crippen molar-refractivity contribution in [3.8, 4) is 0 Å². The second-order valence-corrected chi connectivity index (χ2v) is 6.47. The summed E-state index contributed by atoms with van der Waals surface area (Å²) in [6.45, 7) is 4.67. The molecule has 0 aliphatic heterocycles. The molecule has 2 unspecified atom stereocenters. The molecule has 2 rings (SSSR count). The lowest BCUT2D eigenvalue weighted by molar-refractivity contribution is 0.521. The Morgan fingerprint density at radius 1 is 0.682 bits per heavy atom. The molecule has 0 amide bonds. The third-order valence-corrected chi connectivity index (χ3v) is 4.82. The van der Waals surface area contributed by atoms with Crippen LogP contribution in [-0.4, -0.2) is 0 Å². The Hall–Kier alpha value is -1.56. The SMILES string of the molecule is CCC(CCCCCC(C)c1ccccc1)c1ccccc1. The van der Waals surface area contributed by atoms with E-state index in [1.165, 1.54) is 49.7 Å². The fraction of sp³-hybridized carbons (Fsp3) is 0.455. The summed E-state index contributed by atoms with van der Waals surface area (Å²) in [5.41, 5.74) is 3.00. The van der Waals surface area contributed by atoms with Gasteiger partial charge in [0.1, 0.15) is 0 Å². The summed E-state index contributed by atoms with van der Waals surface area (Å²) < 4.78 is 0. The lowest BCUT2D eigenvalue weighted by atomic mass is 9.90. The van der Waals surface area contributed by atoms with Crippen LogP contribution in [0.2, 0.25) is 0 Å². The molecular formula is C22H30. The van der Waals surface area contributed by atoms with Crippen molar-refractivity contribution in [1.82, 2.24) is 0 Å². The Morgan fingerprint density at radius 2 is 1.23 bits per heavy atom.